The lowest BCUT2D eigenvalue weighted by Crippen LogP contribution is -2.50. The minimum absolute atomic E-state index is 0.143. The number of anilines is 1. The molecule has 0 aliphatic rings. The van der Waals surface area contributed by atoms with Crippen LogP contribution in [0.4, 0.5) is 10.6 Å². The summed E-state index contributed by atoms with van der Waals surface area (Å²) in [6.07, 6.45) is 1.35. The molecule has 0 saturated heterocycles. The third kappa shape index (κ3) is 4.07. The smallest absolute Gasteiger partial charge is 0.321 e. The Morgan fingerprint density at radius 1 is 1.17 bits per heavy atom. The minimum atomic E-state index is -0.956. The Morgan fingerprint density at radius 2 is 1.88 bits per heavy atom. The van der Waals surface area contributed by atoms with Gasteiger partial charge in [-0.05, 0) is 32.9 Å². The summed E-state index contributed by atoms with van der Waals surface area (Å²) < 4.78 is 5.32. The van der Waals surface area contributed by atoms with Crippen LogP contribution in [0.25, 0.3) is 11.3 Å². The van der Waals surface area contributed by atoms with Crippen molar-refractivity contribution in [3.63, 3.8) is 0 Å². The first-order chi connectivity index (χ1) is 11.3. The van der Waals surface area contributed by atoms with Crippen LogP contribution in [0.3, 0.4) is 0 Å². The lowest BCUT2D eigenvalue weighted by molar-refractivity contribution is -0.121. The van der Waals surface area contributed by atoms with Gasteiger partial charge in [0, 0.05) is 11.6 Å². The van der Waals surface area contributed by atoms with Crippen LogP contribution in [0.15, 0.2) is 36.7 Å². The molecule has 2 rings (SSSR count). The molecule has 0 bridgehead atoms. The predicted molar refractivity (Wildman–Crippen MR) is 90.9 cm³/mol. The Labute approximate surface area is 140 Å². The molecule has 0 fully saturated rings. The molecule has 24 heavy (non-hydrogen) atoms. The molecule has 2 N–H and O–H groups in total. The maximum Gasteiger partial charge on any atom is 0.321 e. The fraction of sp³-hybridized carbons (Fsp3) is 0.294. The number of carbonyl (C=O) groups excluding carboxylic acids is 2. The largest absolute Gasteiger partial charge is 0.496 e. The number of hydrogen-bond acceptors (Lipinski definition) is 5. The number of amides is 2. The van der Waals surface area contributed by atoms with Gasteiger partial charge in [0.15, 0.2) is 5.78 Å². The molecule has 2 aromatic rings. The van der Waals surface area contributed by atoms with Gasteiger partial charge in [-0.2, -0.15) is 0 Å². The van der Waals surface area contributed by atoms with Crippen molar-refractivity contribution in [2.24, 2.45) is 0 Å². The highest BCUT2D eigenvalue weighted by Gasteiger charge is 2.25. The number of Topliss-reactive ketones (excluding diaryl/α,β-unsaturated/α-hetero) is 1. The van der Waals surface area contributed by atoms with Crippen molar-refractivity contribution in [3.8, 4) is 17.0 Å². The maximum absolute atomic E-state index is 12.0. The number of para-hydroxylation sites is 1. The second-order valence-corrected chi connectivity index (χ2v) is 5.75. The van der Waals surface area contributed by atoms with Crippen LogP contribution in [-0.2, 0) is 4.79 Å². The molecule has 126 valence electrons. The van der Waals surface area contributed by atoms with Gasteiger partial charge in [0.1, 0.15) is 17.9 Å². The molecule has 1 heterocycles. The Bertz CT molecular complexity index is 759. The van der Waals surface area contributed by atoms with Gasteiger partial charge >= 0.3 is 6.03 Å². The first-order valence-corrected chi connectivity index (χ1v) is 7.39. The number of ketones is 1. The zero-order chi connectivity index (χ0) is 17.7. The zero-order valence-corrected chi connectivity index (χ0v) is 14.1. The zero-order valence-electron chi connectivity index (χ0n) is 14.1. The molecule has 1 aromatic carbocycles. The number of ether oxygens (including phenoxy) is 1. The fourth-order valence-electron chi connectivity index (χ4n) is 1.95. The third-order valence-corrected chi connectivity index (χ3v) is 3.60. The van der Waals surface area contributed by atoms with Crippen molar-refractivity contribution in [2.45, 2.75) is 26.3 Å². The van der Waals surface area contributed by atoms with Crippen molar-refractivity contribution in [3.05, 3.63) is 36.7 Å². The standard InChI is InChI=1S/C17H20N4O3/c1-11(22)17(2,3)21-16(23)20-15-9-13(18-10-19-15)12-7-5-6-8-14(12)24-4/h5-10H,1-4H3,(H2,18,19,20,21,23). The summed E-state index contributed by atoms with van der Waals surface area (Å²) in [7, 11) is 1.58. The number of methoxy groups -OCH3 is 1. The average Bonchev–Trinajstić information content (AvgIpc) is 2.54. The number of nitrogens with one attached hydrogen (secondary N) is 2. The van der Waals surface area contributed by atoms with Crippen LogP contribution in [0.2, 0.25) is 0 Å². The van der Waals surface area contributed by atoms with Gasteiger partial charge in [-0.15, -0.1) is 0 Å². The Balaban J connectivity index is 2.19. The van der Waals surface area contributed by atoms with Crippen LogP contribution < -0.4 is 15.4 Å². The summed E-state index contributed by atoms with van der Waals surface area (Å²) in [5.41, 5.74) is 0.446. The van der Waals surface area contributed by atoms with Gasteiger partial charge in [-0.3, -0.25) is 10.1 Å². The number of aromatic nitrogens is 2. The van der Waals surface area contributed by atoms with Crippen LogP contribution in [0.1, 0.15) is 20.8 Å². The van der Waals surface area contributed by atoms with E-state index in [1.807, 2.05) is 24.3 Å². The van der Waals surface area contributed by atoms with Crippen LogP contribution in [0, 0.1) is 0 Å². The van der Waals surface area contributed by atoms with Gasteiger partial charge < -0.3 is 10.1 Å². The molecule has 7 heteroatoms. The molecule has 0 radical (unpaired) electrons. The van der Waals surface area contributed by atoms with Crippen molar-refractivity contribution in [1.29, 1.82) is 0 Å². The SMILES string of the molecule is COc1ccccc1-c1cc(NC(=O)NC(C)(C)C(C)=O)ncn1. The maximum atomic E-state index is 12.0. The fourth-order valence-corrected chi connectivity index (χ4v) is 1.95. The Hall–Kier alpha value is -2.96. The van der Waals surface area contributed by atoms with E-state index in [1.165, 1.54) is 13.3 Å². The Kier molecular flexibility index (Phi) is 5.13. The summed E-state index contributed by atoms with van der Waals surface area (Å²) in [4.78, 5) is 31.8. The van der Waals surface area contributed by atoms with Crippen LogP contribution in [0.5, 0.6) is 5.75 Å². The highest BCUT2D eigenvalue weighted by molar-refractivity contribution is 5.95. The van der Waals surface area contributed by atoms with E-state index in [0.29, 0.717) is 17.3 Å². The second-order valence-electron chi connectivity index (χ2n) is 5.75. The number of benzene rings is 1. The Morgan fingerprint density at radius 3 is 2.54 bits per heavy atom. The minimum Gasteiger partial charge on any atom is -0.496 e. The molecule has 0 spiro atoms. The molecule has 0 unspecified atom stereocenters. The summed E-state index contributed by atoms with van der Waals surface area (Å²) in [6.45, 7) is 4.69. The normalized spacial score (nSPS) is 10.8. The van der Waals surface area contributed by atoms with Gasteiger partial charge in [-0.1, -0.05) is 12.1 Å². The van der Waals surface area contributed by atoms with E-state index in [0.717, 1.165) is 5.56 Å². The van der Waals surface area contributed by atoms with E-state index >= 15 is 0 Å². The quantitative estimate of drug-likeness (QED) is 0.880. The van der Waals surface area contributed by atoms with Gasteiger partial charge in [0.25, 0.3) is 0 Å². The summed E-state index contributed by atoms with van der Waals surface area (Å²) in [6, 6.07) is 8.55. The third-order valence-electron chi connectivity index (χ3n) is 3.60. The number of carbonyl (C=O) groups is 2. The molecular formula is C17H20N4O3. The number of hydrogen-bond donors (Lipinski definition) is 2. The van der Waals surface area contributed by atoms with Crippen LogP contribution >= 0.6 is 0 Å². The van der Waals surface area contributed by atoms with E-state index in [1.54, 1.807) is 27.0 Å². The molecular weight excluding hydrogens is 308 g/mol. The van der Waals surface area contributed by atoms with Crippen molar-refractivity contribution >= 4 is 17.6 Å². The van der Waals surface area contributed by atoms with E-state index < -0.39 is 11.6 Å². The van der Waals surface area contributed by atoms with Gasteiger partial charge in [-0.25, -0.2) is 14.8 Å². The van der Waals surface area contributed by atoms with Gasteiger partial charge in [0.2, 0.25) is 0 Å². The lowest BCUT2D eigenvalue weighted by Gasteiger charge is -2.22. The van der Waals surface area contributed by atoms with Gasteiger partial charge in [0.05, 0.1) is 18.3 Å². The monoisotopic (exact) mass is 328 g/mol. The number of nitrogens with zero attached hydrogens (tertiary/aromatic N) is 2. The first-order valence-electron chi connectivity index (χ1n) is 7.39. The molecule has 1 aromatic heterocycles. The van der Waals surface area contributed by atoms with Crippen molar-refractivity contribution < 1.29 is 14.3 Å². The highest BCUT2D eigenvalue weighted by atomic mass is 16.5. The number of rotatable bonds is 5. The van der Waals surface area contributed by atoms with Crippen molar-refractivity contribution in [1.82, 2.24) is 15.3 Å². The number of urea groups is 1. The predicted octanol–water partition coefficient (Wildman–Crippen LogP) is 2.64. The van der Waals surface area contributed by atoms with Crippen LogP contribution in [-0.4, -0.2) is 34.4 Å². The molecule has 2 amide bonds. The molecule has 7 nitrogen and oxygen atoms in total. The lowest BCUT2D eigenvalue weighted by atomic mass is 10.0. The molecule has 0 saturated carbocycles. The topological polar surface area (TPSA) is 93.2 Å². The summed E-state index contributed by atoms with van der Waals surface area (Å²) in [5.74, 6) is 0.849. The highest BCUT2D eigenvalue weighted by Crippen LogP contribution is 2.28. The second kappa shape index (κ2) is 7.08. The molecule has 0 aliphatic carbocycles. The average molecular weight is 328 g/mol. The molecule has 0 atom stereocenters. The van der Waals surface area contributed by atoms with E-state index in [-0.39, 0.29) is 5.78 Å². The van der Waals surface area contributed by atoms with E-state index in [2.05, 4.69) is 20.6 Å². The van der Waals surface area contributed by atoms with E-state index in [4.69, 9.17) is 4.74 Å². The molecule has 0 aliphatic heterocycles. The van der Waals surface area contributed by atoms with E-state index in [9.17, 15) is 9.59 Å². The summed E-state index contributed by atoms with van der Waals surface area (Å²) >= 11 is 0. The van der Waals surface area contributed by atoms with Crippen molar-refractivity contribution in [2.75, 3.05) is 12.4 Å². The first kappa shape index (κ1) is 17.4. The summed E-state index contributed by atoms with van der Waals surface area (Å²) in [5, 5.41) is 5.21.